The van der Waals surface area contributed by atoms with Gasteiger partial charge in [0.05, 0.1) is 11.1 Å². The van der Waals surface area contributed by atoms with Crippen molar-refractivity contribution < 1.29 is 23.6 Å². The molecule has 22 heavy (non-hydrogen) atoms. The second kappa shape index (κ2) is 4.99. The van der Waals surface area contributed by atoms with Gasteiger partial charge in [-0.1, -0.05) is 0 Å². The van der Waals surface area contributed by atoms with E-state index in [-0.39, 0.29) is 36.1 Å². The fourth-order valence-corrected chi connectivity index (χ4v) is 2.80. The number of benzene rings is 1. The summed E-state index contributed by atoms with van der Waals surface area (Å²) in [6.45, 7) is -0.109. The van der Waals surface area contributed by atoms with Gasteiger partial charge in [-0.25, -0.2) is 4.39 Å². The van der Waals surface area contributed by atoms with Crippen molar-refractivity contribution in [2.45, 2.75) is 25.4 Å². The summed E-state index contributed by atoms with van der Waals surface area (Å²) in [4.78, 5) is 48.7. The molecule has 7 nitrogen and oxygen atoms in total. The Morgan fingerprint density at radius 3 is 2.59 bits per heavy atom. The maximum absolute atomic E-state index is 13.5. The van der Waals surface area contributed by atoms with E-state index in [0.29, 0.717) is 0 Å². The number of amides is 4. The van der Waals surface area contributed by atoms with Crippen LogP contribution in [-0.2, 0) is 16.1 Å². The van der Waals surface area contributed by atoms with Gasteiger partial charge < -0.3 is 5.73 Å². The van der Waals surface area contributed by atoms with Crippen LogP contribution in [0.1, 0.15) is 39.1 Å². The summed E-state index contributed by atoms with van der Waals surface area (Å²) in [5.74, 6) is -3.27. The van der Waals surface area contributed by atoms with Gasteiger partial charge in [0.1, 0.15) is 11.9 Å². The molecule has 0 bridgehead atoms. The van der Waals surface area contributed by atoms with Crippen molar-refractivity contribution in [3.8, 4) is 0 Å². The summed E-state index contributed by atoms with van der Waals surface area (Å²) in [6.07, 6.45) is 0.0818. The second-order valence-electron chi connectivity index (χ2n) is 5.14. The zero-order valence-corrected chi connectivity index (χ0v) is 11.4. The minimum Gasteiger partial charge on any atom is -0.326 e. The summed E-state index contributed by atoms with van der Waals surface area (Å²) in [5, 5.41) is 2.09. The van der Waals surface area contributed by atoms with Gasteiger partial charge in [-0.3, -0.25) is 29.4 Å². The Morgan fingerprint density at radius 1 is 1.23 bits per heavy atom. The number of hydrogen-bond acceptors (Lipinski definition) is 5. The van der Waals surface area contributed by atoms with E-state index >= 15 is 0 Å². The van der Waals surface area contributed by atoms with Crippen LogP contribution in [0.5, 0.6) is 0 Å². The number of nitrogens with two attached hydrogens (primary N) is 1. The van der Waals surface area contributed by atoms with Crippen molar-refractivity contribution >= 4 is 23.6 Å². The van der Waals surface area contributed by atoms with Gasteiger partial charge in [-0.2, -0.15) is 0 Å². The predicted molar refractivity (Wildman–Crippen MR) is 71.0 cm³/mol. The summed E-state index contributed by atoms with van der Waals surface area (Å²) in [7, 11) is 0. The number of piperidine rings is 1. The molecule has 3 rings (SSSR count). The van der Waals surface area contributed by atoms with E-state index in [1.165, 1.54) is 0 Å². The number of carbonyl (C=O) groups is 4. The van der Waals surface area contributed by atoms with E-state index in [9.17, 15) is 23.6 Å². The van der Waals surface area contributed by atoms with Gasteiger partial charge in [0, 0.05) is 13.0 Å². The second-order valence-corrected chi connectivity index (χ2v) is 5.14. The molecule has 4 amide bonds. The Morgan fingerprint density at radius 2 is 1.95 bits per heavy atom. The Balaban J connectivity index is 2.04. The lowest BCUT2D eigenvalue weighted by atomic mass is 10.0. The summed E-state index contributed by atoms with van der Waals surface area (Å²) < 4.78 is 13.5. The van der Waals surface area contributed by atoms with Crippen LogP contribution >= 0.6 is 0 Å². The van der Waals surface area contributed by atoms with E-state index in [1.807, 2.05) is 0 Å². The molecule has 1 atom stereocenters. The molecule has 1 unspecified atom stereocenters. The molecule has 0 aromatic heterocycles. The smallest absolute Gasteiger partial charge is 0.262 e. The van der Waals surface area contributed by atoms with Gasteiger partial charge in [0.2, 0.25) is 11.8 Å². The maximum Gasteiger partial charge on any atom is 0.262 e. The Hall–Kier alpha value is -2.61. The fraction of sp³-hybridized carbons (Fsp3) is 0.286. The highest BCUT2D eigenvalue weighted by atomic mass is 19.1. The monoisotopic (exact) mass is 305 g/mol. The molecule has 0 saturated carbocycles. The van der Waals surface area contributed by atoms with E-state index < -0.39 is 35.5 Å². The van der Waals surface area contributed by atoms with Crippen molar-refractivity contribution in [1.82, 2.24) is 10.2 Å². The average Bonchev–Trinajstić information content (AvgIpc) is 2.71. The van der Waals surface area contributed by atoms with Crippen molar-refractivity contribution in [3.63, 3.8) is 0 Å². The van der Waals surface area contributed by atoms with Crippen molar-refractivity contribution in [2.24, 2.45) is 5.73 Å². The van der Waals surface area contributed by atoms with E-state index in [2.05, 4.69) is 5.32 Å². The maximum atomic E-state index is 13.5. The molecule has 2 heterocycles. The molecule has 0 spiro atoms. The SMILES string of the molecule is NCc1cc(F)cc2c1C(=O)N(C1CCC(=O)NC1=O)C2=O. The number of nitrogens with one attached hydrogen (secondary N) is 1. The highest BCUT2D eigenvalue weighted by molar-refractivity contribution is 6.24. The predicted octanol–water partition coefficient (Wildman–Crippen LogP) is -0.314. The first-order chi connectivity index (χ1) is 10.4. The van der Waals surface area contributed by atoms with Gasteiger partial charge in [-0.15, -0.1) is 0 Å². The van der Waals surface area contributed by atoms with Crippen LogP contribution < -0.4 is 11.1 Å². The Labute approximate surface area is 124 Å². The molecule has 1 fully saturated rings. The first-order valence-electron chi connectivity index (χ1n) is 6.68. The highest BCUT2D eigenvalue weighted by Gasteiger charge is 2.45. The van der Waals surface area contributed by atoms with Gasteiger partial charge >= 0.3 is 0 Å². The molecule has 1 aromatic carbocycles. The zero-order chi connectivity index (χ0) is 16.0. The summed E-state index contributed by atoms with van der Waals surface area (Å²) in [6, 6.07) is 0.984. The van der Waals surface area contributed by atoms with Gasteiger partial charge in [0.25, 0.3) is 11.8 Å². The summed E-state index contributed by atoms with van der Waals surface area (Å²) >= 11 is 0. The lowest BCUT2D eigenvalue weighted by Gasteiger charge is -2.27. The van der Waals surface area contributed by atoms with Crippen molar-refractivity contribution in [1.29, 1.82) is 0 Å². The quantitative estimate of drug-likeness (QED) is 0.728. The van der Waals surface area contributed by atoms with Crippen molar-refractivity contribution in [3.05, 3.63) is 34.6 Å². The molecule has 3 N–H and O–H groups in total. The first-order valence-corrected chi connectivity index (χ1v) is 6.68. The van der Waals surface area contributed by atoms with E-state index in [1.54, 1.807) is 0 Å². The third-order valence-corrected chi connectivity index (χ3v) is 3.81. The Kier molecular flexibility index (Phi) is 3.25. The van der Waals surface area contributed by atoms with Gasteiger partial charge in [-0.05, 0) is 24.1 Å². The van der Waals surface area contributed by atoms with Crippen LogP contribution in [0.4, 0.5) is 4.39 Å². The number of imide groups is 2. The van der Waals surface area contributed by atoms with E-state index in [0.717, 1.165) is 17.0 Å². The molecule has 2 aliphatic rings. The minimum absolute atomic E-state index is 0.0265. The highest BCUT2D eigenvalue weighted by Crippen LogP contribution is 2.30. The van der Waals surface area contributed by atoms with E-state index in [4.69, 9.17) is 5.73 Å². The first kappa shape index (κ1) is 14.3. The largest absolute Gasteiger partial charge is 0.326 e. The number of hydrogen-bond donors (Lipinski definition) is 2. The van der Waals surface area contributed by atoms with Crippen LogP contribution in [0.2, 0.25) is 0 Å². The van der Waals surface area contributed by atoms with Crippen LogP contribution in [0.15, 0.2) is 12.1 Å². The zero-order valence-electron chi connectivity index (χ0n) is 11.4. The van der Waals surface area contributed by atoms with Gasteiger partial charge in [0.15, 0.2) is 0 Å². The molecular weight excluding hydrogens is 293 g/mol. The molecule has 2 aliphatic heterocycles. The topological polar surface area (TPSA) is 110 Å². The van der Waals surface area contributed by atoms with Crippen LogP contribution in [0.25, 0.3) is 0 Å². The molecule has 8 heteroatoms. The fourth-order valence-electron chi connectivity index (χ4n) is 2.80. The third kappa shape index (κ3) is 2.00. The van der Waals surface area contributed by atoms with Crippen LogP contribution in [0.3, 0.4) is 0 Å². The molecule has 0 radical (unpaired) electrons. The molecule has 1 aromatic rings. The number of fused-ring (bicyclic) bond motifs is 1. The normalized spacial score (nSPS) is 21.2. The minimum atomic E-state index is -1.07. The molecule has 0 aliphatic carbocycles. The number of rotatable bonds is 2. The summed E-state index contributed by atoms with van der Waals surface area (Å²) in [5.41, 5.74) is 5.63. The number of halogens is 1. The molecular formula is C14H12FN3O4. The molecule has 1 saturated heterocycles. The van der Waals surface area contributed by atoms with Crippen molar-refractivity contribution in [2.75, 3.05) is 0 Å². The average molecular weight is 305 g/mol. The third-order valence-electron chi connectivity index (χ3n) is 3.81. The van der Waals surface area contributed by atoms with Crippen LogP contribution in [-0.4, -0.2) is 34.6 Å². The van der Waals surface area contributed by atoms with Crippen LogP contribution in [0, 0.1) is 5.82 Å². The lowest BCUT2D eigenvalue weighted by molar-refractivity contribution is -0.136. The Bertz CT molecular complexity index is 731. The standard InChI is InChI=1S/C14H12FN3O4/c15-7-3-6(5-16)11-8(4-7)13(21)18(14(11)22)9-1-2-10(19)17-12(9)20/h3-4,9H,1-2,5,16H2,(H,17,19,20). The molecule has 114 valence electrons. The lowest BCUT2D eigenvalue weighted by Crippen LogP contribution is -2.54. The number of nitrogens with zero attached hydrogens (tertiary/aromatic N) is 1. The number of carbonyl (C=O) groups excluding carboxylic acids is 4.